The summed E-state index contributed by atoms with van der Waals surface area (Å²) < 4.78 is 5.87. The molecule has 0 unspecified atom stereocenters. The zero-order chi connectivity index (χ0) is 20.4. The lowest BCUT2D eigenvalue weighted by molar-refractivity contribution is -0.155. The summed E-state index contributed by atoms with van der Waals surface area (Å²) in [5.74, 6) is -1.28. The molecule has 0 spiro atoms. The highest BCUT2D eigenvalue weighted by atomic mass is 16.5. The predicted molar refractivity (Wildman–Crippen MR) is 111 cm³/mol. The van der Waals surface area contributed by atoms with Crippen molar-refractivity contribution in [3.05, 3.63) is 59.7 Å². The van der Waals surface area contributed by atoms with E-state index in [4.69, 9.17) is 4.74 Å². The summed E-state index contributed by atoms with van der Waals surface area (Å²) in [4.78, 5) is 24.5. The third-order valence-corrected chi connectivity index (χ3v) is 6.30. The zero-order valence-electron chi connectivity index (χ0n) is 16.7. The Morgan fingerprint density at radius 1 is 1.03 bits per heavy atom. The van der Waals surface area contributed by atoms with Gasteiger partial charge in [-0.3, -0.25) is 14.9 Å². The average molecular weight is 393 g/mol. The Morgan fingerprint density at radius 2 is 1.59 bits per heavy atom. The van der Waals surface area contributed by atoms with Gasteiger partial charge in [-0.25, -0.2) is 0 Å². The van der Waals surface area contributed by atoms with E-state index in [1.807, 2.05) is 24.3 Å². The van der Waals surface area contributed by atoms with Crippen LogP contribution in [0.15, 0.2) is 48.5 Å². The van der Waals surface area contributed by atoms with E-state index in [9.17, 15) is 14.7 Å². The number of carboxylic acids is 1. The van der Waals surface area contributed by atoms with Gasteiger partial charge in [-0.15, -0.1) is 0 Å². The molecule has 0 amide bonds. The highest BCUT2D eigenvalue weighted by Crippen LogP contribution is 2.44. The first-order chi connectivity index (χ1) is 14.0. The van der Waals surface area contributed by atoms with Gasteiger partial charge in [0.2, 0.25) is 0 Å². The van der Waals surface area contributed by atoms with E-state index in [-0.39, 0.29) is 18.5 Å². The second kappa shape index (κ2) is 7.99. The molecule has 0 bridgehead atoms. The molecule has 152 valence electrons. The number of carbonyl (C=O) groups is 2. The van der Waals surface area contributed by atoms with Crippen molar-refractivity contribution >= 4 is 11.9 Å². The van der Waals surface area contributed by atoms with Crippen LogP contribution in [-0.2, 0) is 14.3 Å². The average Bonchev–Trinajstić information content (AvgIpc) is 3.06. The fourth-order valence-electron chi connectivity index (χ4n) is 4.78. The van der Waals surface area contributed by atoms with Crippen LogP contribution in [0.4, 0.5) is 0 Å². The Hall–Kier alpha value is -2.66. The third-order valence-electron chi connectivity index (χ3n) is 6.30. The molecule has 2 N–H and O–H groups in total. The number of aliphatic carboxylic acids is 1. The van der Waals surface area contributed by atoms with Gasteiger partial charge in [-0.05, 0) is 42.0 Å². The molecule has 0 aliphatic heterocycles. The molecule has 5 heteroatoms. The lowest BCUT2D eigenvalue weighted by Gasteiger charge is -2.37. The van der Waals surface area contributed by atoms with Crippen molar-refractivity contribution in [1.82, 2.24) is 5.32 Å². The van der Waals surface area contributed by atoms with Crippen LogP contribution in [-0.4, -0.2) is 35.2 Å². The third kappa shape index (κ3) is 3.67. The number of carbonyl (C=O) groups excluding carboxylic acids is 1. The Bertz CT molecular complexity index is 871. The van der Waals surface area contributed by atoms with Gasteiger partial charge in [0.15, 0.2) is 0 Å². The van der Waals surface area contributed by atoms with E-state index in [1.54, 1.807) is 6.92 Å². The lowest BCUT2D eigenvalue weighted by atomic mass is 9.81. The number of esters is 1. The molecule has 1 atom stereocenters. The summed E-state index contributed by atoms with van der Waals surface area (Å²) in [5, 5.41) is 12.4. The van der Waals surface area contributed by atoms with Gasteiger partial charge in [0, 0.05) is 5.92 Å². The van der Waals surface area contributed by atoms with Crippen LogP contribution >= 0.6 is 0 Å². The molecular formula is C24H27NO4. The van der Waals surface area contributed by atoms with Crippen LogP contribution < -0.4 is 5.32 Å². The van der Waals surface area contributed by atoms with E-state index in [2.05, 4.69) is 29.6 Å². The van der Waals surface area contributed by atoms with Gasteiger partial charge in [0.05, 0.1) is 0 Å². The SMILES string of the molecule is C[C@@H](NC1(C(=O)OCC2c3ccccc3-c3ccccc32)CCCCC1)C(=O)O. The van der Waals surface area contributed by atoms with Crippen molar-refractivity contribution in [2.24, 2.45) is 0 Å². The fourth-order valence-corrected chi connectivity index (χ4v) is 4.78. The quantitative estimate of drug-likeness (QED) is 0.723. The van der Waals surface area contributed by atoms with E-state index in [0.29, 0.717) is 12.8 Å². The number of ether oxygens (including phenoxy) is 1. The molecule has 0 radical (unpaired) electrons. The number of nitrogens with one attached hydrogen (secondary N) is 1. The van der Waals surface area contributed by atoms with E-state index < -0.39 is 17.6 Å². The maximum Gasteiger partial charge on any atom is 0.326 e. The Morgan fingerprint density at radius 3 is 2.14 bits per heavy atom. The number of fused-ring (bicyclic) bond motifs is 3. The maximum absolute atomic E-state index is 13.2. The van der Waals surface area contributed by atoms with Crippen molar-refractivity contribution in [3.8, 4) is 11.1 Å². The van der Waals surface area contributed by atoms with Gasteiger partial charge >= 0.3 is 11.9 Å². The molecular weight excluding hydrogens is 366 g/mol. The molecule has 2 aromatic carbocycles. The first-order valence-corrected chi connectivity index (χ1v) is 10.4. The Kier molecular flexibility index (Phi) is 5.41. The second-order valence-electron chi connectivity index (χ2n) is 8.17. The first-order valence-electron chi connectivity index (χ1n) is 10.4. The van der Waals surface area contributed by atoms with Crippen molar-refractivity contribution < 1.29 is 19.4 Å². The van der Waals surface area contributed by atoms with Crippen LogP contribution in [0.3, 0.4) is 0 Å². The van der Waals surface area contributed by atoms with Crippen molar-refractivity contribution in [2.45, 2.75) is 56.5 Å². The molecule has 2 aliphatic carbocycles. The largest absolute Gasteiger partial charge is 0.480 e. The number of hydrogen-bond acceptors (Lipinski definition) is 4. The molecule has 2 aromatic rings. The Balaban J connectivity index is 1.54. The molecule has 1 saturated carbocycles. The smallest absolute Gasteiger partial charge is 0.326 e. The highest BCUT2D eigenvalue weighted by Gasteiger charge is 2.43. The van der Waals surface area contributed by atoms with Crippen LogP contribution in [0.1, 0.15) is 56.1 Å². The van der Waals surface area contributed by atoms with E-state index in [1.165, 1.54) is 22.3 Å². The van der Waals surface area contributed by atoms with Gasteiger partial charge in [-0.2, -0.15) is 0 Å². The summed E-state index contributed by atoms with van der Waals surface area (Å²) in [5.41, 5.74) is 3.81. The molecule has 0 saturated heterocycles. The topological polar surface area (TPSA) is 75.6 Å². The van der Waals surface area contributed by atoms with Gasteiger partial charge < -0.3 is 9.84 Å². The van der Waals surface area contributed by atoms with Crippen LogP contribution in [0.5, 0.6) is 0 Å². The normalized spacial score (nSPS) is 18.5. The molecule has 2 aliphatic rings. The lowest BCUT2D eigenvalue weighted by Crippen LogP contribution is -2.58. The van der Waals surface area contributed by atoms with Gasteiger partial charge in [0.1, 0.15) is 18.2 Å². The molecule has 0 aromatic heterocycles. The minimum absolute atomic E-state index is 0.00360. The summed E-state index contributed by atoms with van der Waals surface area (Å²) >= 11 is 0. The fraction of sp³-hybridized carbons (Fsp3) is 0.417. The number of hydrogen-bond donors (Lipinski definition) is 2. The number of rotatable bonds is 6. The highest BCUT2D eigenvalue weighted by molar-refractivity contribution is 5.83. The molecule has 0 heterocycles. The minimum Gasteiger partial charge on any atom is -0.480 e. The van der Waals surface area contributed by atoms with Crippen LogP contribution in [0, 0.1) is 0 Å². The zero-order valence-corrected chi connectivity index (χ0v) is 16.7. The molecule has 1 fully saturated rings. The molecule has 4 rings (SSSR count). The van der Waals surface area contributed by atoms with Gasteiger partial charge in [0.25, 0.3) is 0 Å². The summed E-state index contributed by atoms with van der Waals surface area (Å²) in [6.45, 7) is 1.84. The minimum atomic E-state index is -0.957. The van der Waals surface area contributed by atoms with Crippen molar-refractivity contribution in [1.29, 1.82) is 0 Å². The Labute approximate surface area is 171 Å². The van der Waals surface area contributed by atoms with Crippen LogP contribution in [0.25, 0.3) is 11.1 Å². The van der Waals surface area contributed by atoms with Crippen LogP contribution in [0.2, 0.25) is 0 Å². The summed E-state index contributed by atoms with van der Waals surface area (Å²) in [6, 6.07) is 15.7. The van der Waals surface area contributed by atoms with Crippen molar-refractivity contribution in [3.63, 3.8) is 0 Å². The van der Waals surface area contributed by atoms with E-state index >= 15 is 0 Å². The monoisotopic (exact) mass is 393 g/mol. The molecule has 5 nitrogen and oxygen atoms in total. The van der Waals surface area contributed by atoms with Gasteiger partial charge in [-0.1, -0.05) is 67.8 Å². The first kappa shape index (κ1) is 19.6. The number of carboxylic acid groups (broad SMARTS) is 1. The maximum atomic E-state index is 13.2. The number of benzene rings is 2. The predicted octanol–water partition coefficient (Wildman–Crippen LogP) is 4.11. The van der Waals surface area contributed by atoms with E-state index in [0.717, 1.165) is 19.3 Å². The second-order valence-corrected chi connectivity index (χ2v) is 8.17. The molecule has 29 heavy (non-hydrogen) atoms. The standard InChI is InChI=1S/C24H27NO4/c1-16(22(26)27)25-24(13-7-2-8-14-24)23(28)29-15-21-19-11-5-3-9-17(19)18-10-4-6-12-20(18)21/h3-6,9-12,16,21,25H,2,7-8,13-15H2,1H3,(H,26,27)/t16-/m1/s1. The summed E-state index contributed by atoms with van der Waals surface area (Å²) in [6.07, 6.45) is 4.07. The van der Waals surface area contributed by atoms with Crippen molar-refractivity contribution in [2.75, 3.05) is 6.61 Å². The summed E-state index contributed by atoms with van der Waals surface area (Å²) in [7, 11) is 0.